The average molecular weight is 292 g/mol. The molecule has 0 unspecified atom stereocenters. The minimum atomic E-state index is 0.721. The predicted octanol–water partition coefficient (Wildman–Crippen LogP) is 2.29. The highest BCUT2D eigenvalue weighted by molar-refractivity contribution is 7.15. The molecule has 0 saturated heterocycles. The number of methoxy groups -OCH3 is 1. The van der Waals surface area contributed by atoms with Gasteiger partial charge in [-0.25, -0.2) is 4.98 Å². The summed E-state index contributed by atoms with van der Waals surface area (Å²) in [6.07, 6.45) is 7.23. The van der Waals surface area contributed by atoms with E-state index in [2.05, 4.69) is 22.2 Å². The van der Waals surface area contributed by atoms with Gasteiger partial charge < -0.3 is 10.1 Å². The largest absolute Gasteiger partial charge is 0.383 e. The van der Waals surface area contributed by atoms with Crippen LogP contribution in [0.5, 0.6) is 0 Å². The summed E-state index contributed by atoms with van der Waals surface area (Å²) in [7, 11) is 1.71. The van der Waals surface area contributed by atoms with Crippen LogP contribution in [0.2, 0.25) is 0 Å². The van der Waals surface area contributed by atoms with Crippen LogP contribution in [-0.4, -0.2) is 35.2 Å². The molecule has 6 heteroatoms. The minimum Gasteiger partial charge on any atom is -0.383 e. The monoisotopic (exact) mass is 292 g/mol. The first-order valence-corrected chi connectivity index (χ1v) is 7.61. The van der Waals surface area contributed by atoms with Gasteiger partial charge in [0, 0.05) is 37.5 Å². The van der Waals surface area contributed by atoms with Crippen molar-refractivity contribution in [2.45, 2.75) is 26.3 Å². The maximum Gasteiger partial charge on any atom is 0.144 e. The molecule has 0 aliphatic rings. The van der Waals surface area contributed by atoms with Crippen molar-refractivity contribution >= 4 is 11.3 Å². The molecule has 5 nitrogen and oxygen atoms in total. The van der Waals surface area contributed by atoms with Gasteiger partial charge in [0.25, 0.3) is 0 Å². The number of nitrogens with one attached hydrogen (secondary N) is 1. The molecule has 2 aromatic rings. The maximum atomic E-state index is 5.04. The highest BCUT2D eigenvalue weighted by atomic mass is 32.1. The second-order valence-corrected chi connectivity index (χ2v) is 5.48. The highest BCUT2D eigenvalue weighted by Crippen LogP contribution is 2.27. The molecule has 0 aliphatic heterocycles. The molecule has 108 valence electrons. The molecule has 0 aromatic carbocycles. The molecule has 0 radical (unpaired) electrons. The molecule has 20 heavy (non-hydrogen) atoms. The SMILES string of the molecule is CCCc1nc(-c2cnccn2)sc1CNCCOC. The molecule has 0 spiro atoms. The number of hydrogen-bond acceptors (Lipinski definition) is 6. The Balaban J connectivity index is 2.11. The summed E-state index contributed by atoms with van der Waals surface area (Å²) in [4.78, 5) is 14.4. The summed E-state index contributed by atoms with van der Waals surface area (Å²) < 4.78 is 5.04. The van der Waals surface area contributed by atoms with E-state index in [0.717, 1.165) is 43.2 Å². The van der Waals surface area contributed by atoms with Crippen LogP contribution >= 0.6 is 11.3 Å². The van der Waals surface area contributed by atoms with Crippen LogP contribution in [0.1, 0.15) is 23.9 Å². The fourth-order valence-electron chi connectivity index (χ4n) is 1.85. The molecular weight excluding hydrogens is 272 g/mol. The van der Waals surface area contributed by atoms with Gasteiger partial charge in [-0.1, -0.05) is 13.3 Å². The van der Waals surface area contributed by atoms with Crippen molar-refractivity contribution < 1.29 is 4.74 Å². The first kappa shape index (κ1) is 15.0. The summed E-state index contributed by atoms with van der Waals surface area (Å²) in [5, 5.41) is 4.32. The smallest absolute Gasteiger partial charge is 0.144 e. The second-order valence-electron chi connectivity index (χ2n) is 4.40. The molecule has 0 saturated carbocycles. The van der Waals surface area contributed by atoms with Gasteiger partial charge in [0.15, 0.2) is 0 Å². The van der Waals surface area contributed by atoms with Crippen molar-refractivity contribution in [3.8, 4) is 10.7 Å². The fourth-order valence-corrected chi connectivity index (χ4v) is 2.89. The Hall–Kier alpha value is -1.37. The lowest BCUT2D eigenvalue weighted by Crippen LogP contribution is -2.18. The molecule has 2 aromatic heterocycles. The summed E-state index contributed by atoms with van der Waals surface area (Å²) in [5.41, 5.74) is 2.01. The number of ether oxygens (including phenoxy) is 1. The zero-order valence-electron chi connectivity index (χ0n) is 11.9. The van der Waals surface area contributed by atoms with Gasteiger partial charge in [-0.2, -0.15) is 0 Å². The predicted molar refractivity (Wildman–Crippen MR) is 80.7 cm³/mol. The van der Waals surface area contributed by atoms with Gasteiger partial charge in [-0.15, -0.1) is 11.3 Å². The van der Waals surface area contributed by atoms with Crippen LogP contribution in [0.15, 0.2) is 18.6 Å². The van der Waals surface area contributed by atoms with Gasteiger partial charge in [0.05, 0.1) is 18.5 Å². The molecule has 0 bridgehead atoms. The van der Waals surface area contributed by atoms with Crippen LogP contribution in [0.25, 0.3) is 10.7 Å². The normalized spacial score (nSPS) is 10.9. The molecule has 1 N–H and O–H groups in total. The van der Waals surface area contributed by atoms with Crippen molar-refractivity contribution in [2.75, 3.05) is 20.3 Å². The van der Waals surface area contributed by atoms with Crippen molar-refractivity contribution in [1.29, 1.82) is 0 Å². The van der Waals surface area contributed by atoms with Crippen LogP contribution in [-0.2, 0) is 17.7 Å². The summed E-state index contributed by atoms with van der Waals surface area (Å²) in [6.45, 7) is 4.57. The van der Waals surface area contributed by atoms with Crippen molar-refractivity contribution in [3.63, 3.8) is 0 Å². The van der Waals surface area contributed by atoms with Gasteiger partial charge in [0.2, 0.25) is 0 Å². The Labute approximate surface area is 123 Å². The Kier molecular flexibility index (Phi) is 6.04. The third-order valence-electron chi connectivity index (χ3n) is 2.82. The summed E-state index contributed by atoms with van der Waals surface area (Å²) in [6, 6.07) is 0. The zero-order chi connectivity index (χ0) is 14.2. The second kappa shape index (κ2) is 8.04. The number of thiazole rings is 1. The molecule has 0 aliphatic carbocycles. The van der Waals surface area contributed by atoms with E-state index >= 15 is 0 Å². The standard InChI is InChI=1S/C14H20N4OS/c1-3-4-11-13(10-16-7-8-19-2)20-14(18-11)12-9-15-5-6-17-12/h5-6,9,16H,3-4,7-8,10H2,1-2H3. The molecular formula is C14H20N4OS. The highest BCUT2D eigenvalue weighted by Gasteiger charge is 2.12. The van der Waals surface area contributed by atoms with E-state index in [9.17, 15) is 0 Å². The van der Waals surface area contributed by atoms with Gasteiger partial charge in [0.1, 0.15) is 10.7 Å². The van der Waals surface area contributed by atoms with E-state index in [1.165, 1.54) is 10.6 Å². The van der Waals surface area contributed by atoms with E-state index in [1.54, 1.807) is 37.0 Å². The van der Waals surface area contributed by atoms with Crippen LogP contribution in [0, 0.1) is 0 Å². The van der Waals surface area contributed by atoms with Gasteiger partial charge in [-0.3, -0.25) is 9.97 Å². The fraction of sp³-hybridized carbons (Fsp3) is 0.500. The number of hydrogen-bond donors (Lipinski definition) is 1. The number of aryl methyl sites for hydroxylation is 1. The molecule has 2 heterocycles. The third kappa shape index (κ3) is 4.06. The Morgan fingerprint density at radius 1 is 1.35 bits per heavy atom. The summed E-state index contributed by atoms with van der Waals surface area (Å²) >= 11 is 1.69. The Bertz CT molecular complexity index is 515. The number of aromatic nitrogens is 3. The van der Waals surface area contributed by atoms with Crippen LogP contribution in [0.4, 0.5) is 0 Å². The third-order valence-corrected chi connectivity index (χ3v) is 3.94. The maximum absolute atomic E-state index is 5.04. The van der Waals surface area contributed by atoms with Crippen LogP contribution in [0.3, 0.4) is 0 Å². The van der Waals surface area contributed by atoms with Crippen molar-refractivity contribution in [3.05, 3.63) is 29.2 Å². The van der Waals surface area contributed by atoms with E-state index < -0.39 is 0 Å². The topological polar surface area (TPSA) is 59.9 Å². The molecule has 0 fully saturated rings. The van der Waals surface area contributed by atoms with E-state index in [4.69, 9.17) is 9.72 Å². The number of nitrogens with zero attached hydrogens (tertiary/aromatic N) is 3. The zero-order valence-corrected chi connectivity index (χ0v) is 12.7. The van der Waals surface area contributed by atoms with E-state index in [0.29, 0.717) is 0 Å². The average Bonchev–Trinajstić information content (AvgIpc) is 2.88. The summed E-state index contributed by atoms with van der Waals surface area (Å²) in [5.74, 6) is 0. The molecule has 0 amide bonds. The Morgan fingerprint density at radius 2 is 2.25 bits per heavy atom. The van der Waals surface area contributed by atoms with Crippen molar-refractivity contribution in [1.82, 2.24) is 20.3 Å². The molecule has 0 atom stereocenters. The minimum absolute atomic E-state index is 0.721. The van der Waals surface area contributed by atoms with Crippen LogP contribution < -0.4 is 5.32 Å². The van der Waals surface area contributed by atoms with E-state index in [1.807, 2.05) is 0 Å². The Morgan fingerprint density at radius 3 is 2.95 bits per heavy atom. The quantitative estimate of drug-likeness (QED) is 0.756. The molecule has 2 rings (SSSR count). The lowest BCUT2D eigenvalue weighted by Gasteiger charge is -2.03. The lowest BCUT2D eigenvalue weighted by molar-refractivity contribution is 0.199. The van der Waals surface area contributed by atoms with E-state index in [-0.39, 0.29) is 0 Å². The van der Waals surface area contributed by atoms with Crippen molar-refractivity contribution in [2.24, 2.45) is 0 Å². The first-order chi connectivity index (χ1) is 9.85. The van der Waals surface area contributed by atoms with Gasteiger partial charge >= 0.3 is 0 Å². The number of rotatable bonds is 8. The van der Waals surface area contributed by atoms with Gasteiger partial charge in [-0.05, 0) is 6.42 Å². The lowest BCUT2D eigenvalue weighted by atomic mass is 10.2. The first-order valence-electron chi connectivity index (χ1n) is 6.79.